The van der Waals surface area contributed by atoms with Crippen molar-refractivity contribution in [3.05, 3.63) is 12.7 Å². The molecular weight excluding hydrogens is 140 g/mol. The van der Waals surface area contributed by atoms with Crippen LogP contribution in [0.15, 0.2) is 12.7 Å². The van der Waals surface area contributed by atoms with E-state index in [9.17, 15) is 0 Å². The quantitative estimate of drug-likeness (QED) is 0.344. The molecular formula is C8H14OSi. The summed E-state index contributed by atoms with van der Waals surface area (Å²) in [5.74, 6) is 2.72. The van der Waals surface area contributed by atoms with Crippen LogP contribution in [0.1, 0.15) is 0 Å². The van der Waals surface area contributed by atoms with Crippen molar-refractivity contribution in [1.29, 1.82) is 0 Å². The van der Waals surface area contributed by atoms with Crippen molar-refractivity contribution in [3.8, 4) is 11.5 Å². The van der Waals surface area contributed by atoms with Crippen molar-refractivity contribution in [3.63, 3.8) is 0 Å². The molecule has 1 N–H and O–H groups in total. The normalized spacial score (nSPS) is 13.2. The minimum Gasteiger partial charge on any atom is -0.377 e. The molecule has 56 valence electrons. The average molecular weight is 154 g/mol. The maximum absolute atomic E-state index is 8.95. The summed E-state index contributed by atoms with van der Waals surface area (Å²) in [6.45, 7) is 9.83. The van der Waals surface area contributed by atoms with Crippen molar-refractivity contribution in [2.45, 2.75) is 25.7 Å². The summed E-state index contributed by atoms with van der Waals surface area (Å²) < 4.78 is 0. The molecule has 0 fully saturated rings. The summed E-state index contributed by atoms with van der Waals surface area (Å²) in [5.41, 5.74) is 3.04. The van der Waals surface area contributed by atoms with E-state index in [1.807, 2.05) is 0 Å². The van der Waals surface area contributed by atoms with Crippen molar-refractivity contribution in [2.75, 3.05) is 0 Å². The molecule has 0 heterocycles. The molecule has 0 radical (unpaired) electrons. The predicted octanol–water partition coefficient (Wildman–Crippen LogP) is 1.41. The molecule has 0 saturated heterocycles. The lowest BCUT2D eigenvalue weighted by atomic mass is 10.4. The van der Waals surface area contributed by atoms with E-state index in [0.29, 0.717) is 0 Å². The zero-order valence-electron chi connectivity index (χ0n) is 6.81. The van der Waals surface area contributed by atoms with Crippen molar-refractivity contribution in [1.82, 2.24) is 0 Å². The fourth-order valence-electron chi connectivity index (χ4n) is 0.349. The van der Waals surface area contributed by atoms with Crippen LogP contribution in [0.4, 0.5) is 0 Å². The van der Waals surface area contributed by atoms with Gasteiger partial charge in [0.05, 0.1) is 0 Å². The fourth-order valence-corrected chi connectivity index (χ4v) is 0.930. The molecule has 2 heteroatoms. The Bertz CT molecular complexity index is 168. The molecule has 1 nitrogen and oxygen atoms in total. The largest absolute Gasteiger partial charge is 0.377 e. The molecule has 0 aromatic heterocycles. The Kier molecular flexibility index (Phi) is 3.41. The third kappa shape index (κ3) is 5.61. The number of rotatable bonds is 1. The van der Waals surface area contributed by atoms with E-state index in [1.165, 1.54) is 6.08 Å². The van der Waals surface area contributed by atoms with E-state index >= 15 is 0 Å². The summed E-state index contributed by atoms with van der Waals surface area (Å²) in [4.78, 5) is 0. The van der Waals surface area contributed by atoms with Crippen LogP contribution in [0.3, 0.4) is 0 Å². The van der Waals surface area contributed by atoms with Gasteiger partial charge in [-0.1, -0.05) is 38.2 Å². The van der Waals surface area contributed by atoms with E-state index in [1.54, 1.807) is 0 Å². The van der Waals surface area contributed by atoms with E-state index < -0.39 is 14.2 Å². The third-order valence-electron chi connectivity index (χ3n) is 0.818. The van der Waals surface area contributed by atoms with Gasteiger partial charge in [0.1, 0.15) is 14.2 Å². The molecule has 0 aromatic rings. The van der Waals surface area contributed by atoms with Crippen LogP contribution in [0.2, 0.25) is 19.6 Å². The second-order valence-corrected chi connectivity index (χ2v) is 7.95. The van der Waals surface area contributed by atoms with Crippen molar-refractivity contribution < 1.29 is 5.11 Å². The van der Waals surface area contributed by atoms with E-state index in [2.05, 4.69) is 37.7 Å². The third-order valence-corrected chi connectivity index (χ3v) is 1.71. The number of hydrogen-bond acceptors (Lipinski definition) is 1. The highest BCUT2D eigenvalue weighted by molar-refractivity contribution is 6.83. The molecule has 0 bridgehead atoms. The minimum absolute atomic E-state index is 0.647. The van der Waals surface area contributed by atoms with Gasteiger partial charge in [-0.05, 0) is 0 Å². The van der Waals surface area contributed by atoms with Gasteiger partial charge in [0.2, 0.25) is 0 Å². The lowest BCUT2D eigenvalue weighted by molar-refractivity contribution is 0.281. The monoisotopic (exact) mass is 154 g/mol. The minimum atomic E-state index is -1.31. The highest BCUT2D eigenvalue weighted by Crippen LogP contribution is 1.96. The molecule has 0 amide bonds. The summed E-state index contributed by atoms with van der Waals surface area (Å²) in [6.07, 6.45) is 0.791. The topological polar surface area (TPSA) is 20.2 Å². The maximum atomic E-state index is 8.95. The van der Waals surface area contributed by atoms with Gasteiger partial charge in [-0.2, -0.15) is 0 Å². The van der Waals surface area contributed by atoms with Crippen LogP contribution in [0.5, 0.6) is 0 Å². The van der Waals surface area contributed by atoms with Gasteiger partial charge in [0, 0.05) is 0 Å². The van der Waals surface area contributed by atoms with E-state index in [0.717, 1.165) is 0 Å². The summed E-state index contributed by atoms with van der Waals surface area (Å²) in [5, 5.41) is 8.95. The molecule has 0 aromatic carbocycles. The Morgan fingerprint density at radius 1 is 1.50 bits per heavy atom. The molecule has 0 unspecified atom stereocenters. The molecule has 0 aliphatic heterocycles. The first-order valence-corrected chi connectivity index (χ1v) is 6.79. The molecule has 0 spiro atoms. The number of aliphatic hydroxyl groups excluding tert-OH is 1. The van der Waals surface area contributed by atoms with Gasteiger partial charge >= 0.3 is 0 Å². The molecule has 1 atom stereocenters. The highest BCUT2D eigenvalue weighted by Gasteiger charge is 2.07. The highest BCUT2D eigenvalue weighted by atomic mass is 28.3. The Balaban J connectivity index is 4.03. The molecule has 0 saturated carbocycles. The Labute approximate surface area is 63.8 Å². The SMILES string of the molecule is C=C[C@H](O)C#C[Si](C)(C)C. The van der Waals surface area contributed by atoms with E-state index in [4.69, 9.17) is 5.11 Å². The van der Waals surface area contributed by atoms with Gasteiger partial charge < -0.3 is 5.11 Å². The lowest BCUT2D eigenvalue weighted by Crippen LogP contribution is -2.17. The average Bonchev–Trinajstić information content (AvgIpc) is 1.81. The molecule has 0 rings (SSSR count). The Hall–Kier alpha value is -0.523. The first-order chi connectivity index (χ1) is 4.45. The lowest BCUT2D eigenvalue weighted by Gasteiger charge is -2.03. The maximum Gasteiger partial charge on any atom is 0.132 e. The second-order valence-electron chi connectivity index (χ2n) is 3.20. The van der Waals surface area contributed by atoms with Gasteiger partial charge in [-0.25, -0.2) is 0 Å². The summed E-state index contributed by atoms with van der Waals surface area (Å²) in [6, 6.07) is 0. The number of aliphatic hydroxyl groups is 1. The van der Waals surface area contributed by atoms with Gasteiger partial charge in [0.25, 0.3) is 0 Å². The first-order valence-electron chi connectivity index (χ1n) is 3.29. The van der Waals surface area contributed by atoms with E-state index in [-0.39, 0.29) is 0 Å². The van der Waals surface area contributed by atoms with Gasteiger partial charge in [0.15, 0.2) is 0 Å². The van der Waals surface area contributed by atoms with Crippen LogP contribution in [0, 0.1) is 11.5 Å². The fraction of sp³-hybridized carbons (Fsp3) is 0.500. The van der Waals surface area contributed by atoms with Crippen LogP contribution in [-0.4, -0.2) is 19.3 Å². The van der Waals surface area contributed by atoms with Crippen LogP contribution < -0.4 is 0 Å². The zero-order valence-corrected chi connectivity index (χ0v) is 7.81. The van der Waals surface area contributed by atoms with Crippen molar-refractivity contribution in [2.24, 2.45) is 0 Å². The van der Waals surface area contributed by atoms with Gasteiger partial charge in [-0.15, -0.1) is 5.54 Å². The Morgan fingerprint density at radius 3 is 2.30 bits per heavy atom. The smallest absolute Gasteiger partial charge is 0.132 e. The van der Waals surface area contributed by atoms with Crippen LogP contribution in [-0.2, 0) is 0 Å². The zero-order chi connectivity index (χ0) is 8.20. The predicted molar refractivity (Wildman–Crippen MR) is 47.3 cm³/mol. The van der Waals surface area contributed by atoms with Crippen LogP contribution >= 0.6 is 0 Å². The molecule has 10 heavy (non-hydrogen) atoms. The summed E-state index contributed by atoms with van der Waals surface area (Å²) in [7, 11) is -1.31. The first kappa shape index (κ1) is 9.48. The Morgan fingerprint density at radius 2 is 2.00 bits per heavy atom. The van der Waals surface area contributed by atoms with Crippen molar-refractivity contribution >= 4 is 8.07 Å². The summed E-state index contributed by atoms with van der Waals surface area (Å²) >= 11 is 0. The second kappa shape index (κ2) is 3.60. The van der Waals surface area contributed by atoms with Gasteiger partial charge in [-0.3, -0.25) is 0 Å². The molecule has 0 aliphatic carbocycles. The van der Waals surface area contributed by atoms with Crippen LogP contribution in [0.25, 0.3) is 0 Å². The molecule has 0 aliphatic rings. The number of hydrogen-bond donors (Lipinski definition) is 1. The standard InChI is InChI=1S/C8H14OSi/c1-5-8(9)6-7-10(2,3)4/h5,8-9H,1H2,2-4H3/t8-/m0/s1.